The fraction of sp³-hybridized carbons (Fsp3) is 0.160. The van der Waals surface area contributed by atoms with Crippen molar-refractivity contribution in [2.45, 2.75) is 23.9 Å². The second-order valence-electron chi connectivity index (χ2n) is 7.45. The van der Waals surface area contributed by atoms with E-state index >= 15 is 0 Å². The summed E-state index contributed by atoms with van der Waals surface area (Å²) in [6.07, 6.45) is 0. The van der Waals surface area contributed by atoms with Crippen molar-refractivity contribution in [3.63, 3.8) is 0 Å². The molecule has 4 atom stereocenters. The largest absolute Gasteiger partial charge is 0.331 e. The monoisotopic (exact) mass is 416 g/mol. The van der Waals surface area contributed by atoms with Crippen LogP contribution in [0.15, 0.2) is 95.7 Å². The molecule has 0 spiro atoms. The van der Waals surface area contributed by atoms with Gasteiger partial charge in [0.05, 0.1) is 9.75 Å². The Hall–Kier alpha value is -2.53. The Labute approximate surface area is 178 Å². The number of carbonyl (C=O) groups is 1. The summed E-state index contributed by atoms with van der Waals surface area (Å²) in [4.78, 5) is 16.7. The van der Waals surface area contributed by atoms with Crippen molar-refractivity contribution in [3.05, 3.63) is 117 Å². The van der Waals surface area contributed by atoms with Gasteiger partial charge in [-0.05, 0) is 34.0 Å². The number of ketones is 1. The van der Waals surface area contributed by atoms with Gasteiger partial charge in [0, 0.05) is 0 Å². The van der Waals surface area contributed by atoms with Gasteiger partial charge in [0.25, 0.3) is 0 Å². The van der Waals surface area contributed by atoms with Crippen LogP contribution in [0.5, 0.6) is 0 Å². The van der Waals surface area contributed by atoms with Gasteiger partial charge in [0.1, 0.15) is 23.9 Å². The first-order valence-electron chi connectivity index (χ1n) is 9.88. The molecular weight excluding hydrogens is 394 g/mol. The molecule has 1 aliphatic heterocycles. The Kier molecular flexibility index (Phi) is 5.15. The summed E-state index contributed by atoms with van der Waals surface area (Å²) >= 11 is 3.49. The zero-order chi connectivity index (χ0) is 19.6. The minimum Gasteiger partial charge on any atom is -0.331 e. The SMILES string of the molecule is O=C1[C@@H](c2ccccc2)[C@@H](c2cccs2)[NH2+][C@@H](c2cccs2)[C@@H]1c1ccccc1. The summed E-state index contributed by atoms with van der Waals surface area (Å²) in [6, 6.07) is 29.3. The Morgan fingerprint density at radius 1 is 0.586 bits per heavy atom. The number of carbonyl (C=O) groups excluding carboxylic acids is 1. The summed E-state index contributed by atoms with van der Waals surface area (Å²) in [5.74, 6) is 0.00855. The van der Waals surface area contributed by atoms with Crippen molar-refractivity contribution in [2.24, 2.45) is 0 Å². The van der Waals surface area contributed by atoms with Gasteiger partial charge in [0.15, 0.2) is 5.78 Å². The maximum Gasteiger partial charge on any atom is 0.160 e. The molecule has 29 heavy (non-hydrogen) atoms. The Morgan fingerprint density at radius 2 is 1.03 bits per heavy atom. The Balaban J connectivity index is 1.66. The highest BCUT2D eigenvalue weighted by atomic mass is 32.1. The van der Waals surface area contributed by atoms with E-state index in [2.05, 4.69) is 64.6 Å². The lowest BCUT2D eigenvalue weighted by Gasteiger charge is -2.38. The fourth-order valence-electron chi connectivity index (χ4n) is 4.54. The number of benzene rings is 2. The first kappa shape index (κ1) is 18.5. The lowest BCUT2D eigenvalue weighted by Crippen LogP contribution is -2.90. The average Bonchev–Trinajstić information content (AvgIpc) is 3.49. The van der Waals surface area contributed by atoms with Gasteiger partial charge in [-0.2, -0.15) is 0 Å². The van der Waals surface area contributed by atoms with Gasteiger partial charge < -0.3 is 5.32 Å². The van der Waals surface area contributed by atoms with E-state index < -0.39 is 0 Å². The Morgan fingerprint density at radius 3 is 1.41 bits per heavy atom. The molecule has 0 bridgehead atoms. The number of hydrogen-bond acceptors (Lipinski definition) is 3. The number of piperidine rings is 1. The van der Waals surface area contributed by atoms with Crippen LogP contribution in [-0.2, 0) is 4.79 Å². The molecule has 4 heteroatoms. The number of Topliss-reactive ketones (excluding diaryl/α,β-unsaturated/α-hetero) is 1. The van der Waals surface area contributed by atoms with E-state index in [1.54, 1.807) is 22.7 Å². The molecule has 2 nitrogen and oxygen atoms in total. The molecule has 0 amide bonds. The van der Waals surface area contributed by atoms with Gasteiger partial charge in [-0.1, -0.05) is 72.8 Å². The van der Waals surface area contributed by atoms with E-state index in [4.69, 9.17) is 0 Å². The molecule has 5 rings (SSSR count). The minimum atomic E-state index is -0.156. The molecule has 0 saturated carbocycles. The number of hydrogen-bond donors (Lipinski definition) is 1. The number of nitrogens with two attached hydrogens (primary N) is 1. The van der Waals surface area contributed by atoms with Crippen LogP contribution in [0.2, 0.25) is 0 Å². The van der Waals surface area contributed by atoms with E-state index in [1.807, 2.05) is 36.4 Å². The van der Waals surface area contributed by atoms with Gasteiger partial charge in [-0.25, -0.2) is 0 Å². The van der Waals surface area contributed by atoms with E-state index in [0.29, 0.717) is 5.78 Å². The van der Waals surface area contributed by atoms with Crippen LogP contribution in [0.3, 0.4) is 0 Å². The third kappa shape index (κ3) is 3.48. The lowest BCUT2D eigenvalue weighted by atomic mass is 9.72. The highest BCUT2D eigenvalue weighted by Crippen LogP contribution is 2.44. The molecule has 2 N–H and O–H groups in total. The first-order chi connectivity index (χ1) is 14.3. The van der Waals surface area contributed by atoms with Crippen LogP contribution < -0.4 is 5.32 Å². The van der Waals surface area contributed by atoms with Gasteiger partial charge in [-0.15, -0.1) is 22.7 Å². The summed E-state index contributed by atoms with van der Waals surface area (Å²) in [5.41, 5.74) is 2.22. The zero-order valence-corrected chi connectivity index (χ0v) is 17.5. The van der Waals surface area contributed by atoms with Crippen LogP contribution in [0, 0.1) is 0 Å². The second-order valence-corrected chi connectivity index (χ2v) is 9.41. The highest BCUT2D eigenvalue weighted by Gasteiger charge is 2.49. The molecule has 1 saturated heterocycles. The molecule has 144 valence electrons. The quantitative estimate of drug-likeness (QED) is 0.481. The molecular formula is C25H22NOS2+. The van der Waals surface area contributed by atoms with Crippen molar-refractivity contribution in [3.8, 4) is 0 Å². The molecule has 0 unspecified atom stereocenters. The van der Waals surface area contributed by atoms with Gasteiger partial charge in [-0.3, -0.25) is 4.79 Å². The predicted octanol–water partition coefficient (Wildman–Crippen LogP) is 5.31. The number of thiophene rings is 2. The highest BCUT2D eigenvalue weighted by molar-refractivity contribution is 7.10. The summed E-state index contributed by atoms with van der Waals surface area (Å²) in [7, 11) is 0. The van der Waals surface area contributed by atoms with E-state index in [0.717, 1.165) is 11.1 Å². The van der Waals surface area contributed by atoms with Crippen molar-refractivity contribution < 1.29 is 10.1 Å². The molecule has 2 aromatic heterocycles. The van der Waals surface area contributed by atoms with Gasteiger partial charge in [0.2, 0.25) is 0 Å². The standard InChI is InChI=1S/C25H21NOS2/c27-25-21(17-9-3-1-4-10-17)23(19-13-7-15-28-19)26-24(20-14-8-16-29-20)22(25)18-11-5-2-6-12-18/h1-16,21-24,26H/p+1/t21-,22-,23-,24+/m0/s1. The van der Waals surface area contributed by atoms with Crippen LogP contribution in [0.4, 0.5) is 0 Å². The smallest absolute Gasteiger partial charge is 0.160 e. The molecule has 0 aliphatic carbocycles. The third-order valence-corrected chi connectivity index (χ3v) is 7.75. The minimum absolute atomic E-state index is 0.0944. The molecule has 2 aromatic carbocycles. The maximum absolute atomic E-state index is 14.1. The van der Waals surface area contributed by atoms with E-state index in [1.165, 1.54) is 9.75 Å². The molecule has 4 aromatic rings. The summed E-state index contributed by atoms with van der Waals surface area (Å²) in [6.45, 7) is 0. The molecule has 0 radical (unpaired) electrons. The number of quaternary nitrogens is 1. The van der Waals surface area contributed by atoms with Crippen LogP contribution in [0.1, 0.15) is 44.8 Å². The van der Waals surface area contributed by atoms with Crippen LogP contribution in [0.25, 0.3) is 0 Å². The Bertz CT molecular complexity index is 973. The normalized spacial score (nSPS) is 24.5. The molecule has 3 heterocycles. The second kappa shape index (κ2) is 8.07. The molecule has 1 fully saturated rings. The van der Waals surface area contributed by atoms with Crippen molar-refractivity contribution in [1.29, 1.82) is 0 Å². The summed E-state index contributed by atoms with van der Waals surface area (Å²) < 4.78 is 0. The summed E-state index contributed by atoms with van der Waals surface area (Å²) in [5, 5.41) is 6.66. The average molecular weight is 417 g/mol. The van der Waals surface area contributed by atoms with Crippen molar-refractivity contribution in [2.75, 3.05) is 0 Å². The van der Waals surface area contributed by atoms with E-state index in [9.17, 15) is 4.79 Å². The molecule has 1 aliphatic rings. The van der Waals surface area contributed by atoms with Crippen molar-refractivity contribution in [1.82, 2.24) is 0 Å². The van der Waals surface area contributed by atoms with Gasteiger partial charge >= 0.3 is 0 Å². The predicted molar refractivity (Wildman–Crippen MR) is 119 cm³/mol. The third-order valence-electron chi connectivity index (χ3n) is 5.81. The van der Waals surface area contributed by atoms with E-state index in [-0.39, 0.29) is 23.9 Å². The van der Waals surface area contributed by atoms with Crippen LogP contribution >= 0.6 is 22.7 Å². The number of rotatable bonds is 4. The lowest BCUT2D eigenvalue weighted by molar-refractivity contribution is -0.740. The zero-order valence-electron chi connectivity index (χ0n) is 15.8. The maximum atomic E-state index is 14.1. The first-order valence-corrected chi connectivity index (χ1v) is 11.6. The van der Waals surface area contributed by atoms with Crippen molar-refractivity contribution >= 4 is 28.5 Å². The topological polar surface area (TPSA) is 33.7 Å². The fourth-order valence-corrected chi connectivity index (χ4v) is 6.22. The van der Waals surface area contributed by atoms with Crippen LogP contribution in [-0.4, -0.2) is 5.78 Å².